The van der Waals surface area contributed by atoms with Crippen molar-refractivity contribution < 1.29 is 9.53 Å². The minimum atomic E-state index is -0.292. The van der Waals surface area contributed by atoms with E-state index in [9.17, 15) is 4.79 Å². The van der Waals surface area contributed by atoms with Crippen molar-refractivity contribution in [3.05, 3.63) is 12.3 Å². The molecule has 15 heavy (non-hydrogen) atoms. The van der Waals surface area contributed by atoms with Gasteiger partial charge in [-0.05, 0) is 26.9 Å². The zero-order valence-corrected chi connectivity index (χ0v) is 9.77. The lowest BCUT2D eigenvalue weighted by Crippen LogP contribution is -2.34. The molecule has 0 amide bonds. The second kappa shape index (κ2) is 5.75. The fourth-order valence-electron chi connectivity index (χ4n) is 1.84. The van der Waals surface area contributed by atoms with Crippen molar-refractivity contribution in [3.8, 4) is 0 Å². The van der Waals surface area contributed by atoms with E-state index in [-0.39, 0.29) is 5.97 Å². The minimum absolute atomic E-state index is 0.292. The molecule has 1 rings (SSSR count). The predicted molar refractivity (Wildman–Crippen MR) is 59.4 cm³/mol. The molecule has 0 spiro atoms. The van der Waals surface area contributed by atoms with Crippen LogP contribution in [0.1, 0.15) is 13.3 Å². The van der Waals surface area contributed by atoms with E-state index in [1.165, 1.54) is 13.2 Å². The number of likely N-dealkylation sites (N-methyl/N-ethyl adjacent to an activating group) is 1. The molecular weight excluding hydrogens is 192 g/mol. The van der Waals surface area contributed by atoms with Crippen molar-refractivity contribution in [2.75, 3.05) is 33.8 Å². The summed E-state index contributed by atoms with van der Waals surface area (Å²) in [5, 5.41) is 0. The van der Waals surface area contributed by atoms with Crippen LogP contribution in [0.25, 0.3) is 0 Å². The highest BCUT2D eigenvalue weighted by atomic mass is 16.5. The third kappa shape index (κ3) is 3.91. The molecule has 4 nitrogen and oxygen atoms in total. The number of hydrogen-bond acceptors (Lipinski definition) is 4. The van der Waals surface area contributed by atoms with Gasteiger partial charge in [-0.25, -0.2) is 4.79 Å². The van der Waals surface area contributed by atoms with Gasteiger partial charge in [0.15, 0.2) is 0 Å². The monoisotopic (exact) mass is 212 g/mol. The van der Waals surface area contributed by atoms with Crippen LogP contribution in [0.15, 0.2) is 12.3 Å². The van der Waals surface area contributed by atoms with Gasteiger partial charge in [0.25, 0.3) is 0 Å². The van der Waals surface area contributed by atoms with Crippen LogP contribution in [0.4, 0.5) is 0 Å². The summed E-state index contributed by atoms with van der Waals surface area (Å²) in [5.74, 6) is -0.292. The van der Waals surface area contributed by atoms with Crippen molar-refractivity contribution in [3.63, 3.8) is 0 Å². The average molecular weight is 212 g/mol. The van der Waals surface area contributed by atoms with Crippen LogP contribution in [-0.2, 0) is 9.53 Å². The lowest BCUT2D eigenvalue weighted by atomic mass is 10.3. The second-order valence-electron chi connectivity index (χ2n) is 4.04. The zero-order chi connectivity index (χ0) is 11.3. The maximum Gasteiger partial charge on any atom is 0.331 e. The Morgan fingerprint density at radius 2 is 2.20 bits per heavy atom. The van der Waals surface area contributed by atoms with E-state index >= 15 is 0 Å². The number of esters is 1. The van der Waals surface area contributed by atoms with Crippen molar-refractivity contribution in [2.45, 2.75) is 19.4 Å². The Kier molecular flexibility index (Phi) is 4.62. The Hall–Kier alpha value is -1.03. The largest absolute Gasteiger partial charge is 0.466 e. The van der Waals surface area contributed by atoms with E-state index in [0.29, 0.717) is 6.04 Å². The first-order chi connectivity index (χ1) is 7.13. The molecule has 1 heterocycles. The molecule has 1 saturated heterocycles. The quantitative estimate of drug-likeness (QED) is 0.498. The van der Waals surface area contributed by atoms with E-state index < -0.39 is 0 Å². The first kappa shape index (κ1) is 12.0. The van der Waals surface area contributed by atoms with Crippen LogP contribution in [-0.4, -0.2) is 55.6 Å². The van der Waals surface area contributed by atoms with Gasteiger partial charge < -0.3 is 14.5 Å². The first-order valence-electron chi connectivity index (χ1n) is 5.34. The minimum Gasteiger partial charge on any atom is -0.466 e. The normalized spacial score (nSPS) is 24.2. The topological polar surface area (TPSA) is 32.8 Å². The Balaban J connectivity index is 2.52. The summed E-state index contributed by atoms with van der Waals surface area (Å²) >= 11 is 0. The van der Waals surface area contributed by atoms with Gasteiger partial charge in [0.1, 0.15) is 0 Å². The predicted octanol–water partition coefficient (Wildman–Crippen LogP) is 0.699. The summed E-state index contributed by atoms with van der Waals surface area (Å²) in [7, 11) is 3.52. The van der Waals surface area contributed by atoms with Crippen molar-refractivity contribution >= 4 is 5.97 Å². The molecule has 1 fully saturated rings. The van der Waals surface area contributed by atoms with Crippen LogP contribution >= 0.6 is 0 Å². The molecule has 0 aliphatic carbocycles. The Labute approximate surface area is 91.5 Å². The van der Waals surface area contributed by atoms with Gasteiger partial charge in [-0.15, -0.1) is 0 Å². The highest BCUT2D eigenvalue weighted by molar-refractivity contribution is 5.81. The average Bonchev–Trinajstić information content (AvgIpc) is 2.36. The van der Waals surface area contributed by atoms with Gasteiger partial charge in [-0.3, -0.25) is 0 Å². The molecule has 0 aromatic rings. The Morgan fingerprint density at radius 1 is 1.47 bits per heavy atom. The summed E-state index contributed by atoms with van der Waals surface area (Å²) in [6.45, 7) is 5.32. The highest BCUT2D eigenvalue weighted by Crippen LogP contribution is 2.08. The van der Waals surface area contributed by atoms with E-state index in [2.05, 4.69) is 28.5 Å². The molecule has 1 unspecified atom stereocenters. The van der Waals surface area contributed by atoms with Crippen LogP contribution in [0.5, 0.6) is 0 Å². The number of rotatable bonds is 2. The van der Waals surface area contributed by atoms with Gasteiger partial charge >= 0.3 is 5.97 Å². The third-order valence-electron chi connectivity index (χ3n) is 2.70. The van der Waals surface area contributed by atoms with Gasteiger partial charge in [-0.2, -0.15) is 0 Å². The SMILES string of the molecule is COC(=O)/C=C/N1CCCN(C)CC1C. The van der Waals surface area contributed by atoms with Gasteiger partial charge in [0, 0.05) is 31.4 Å². The lowest BCUT2D eigenvalue weighted by molar-refractivity contribution is -0.134. The van der Waals surface area contributed by atoms with Crippen LogP contribution in [0, 0.1) is 0 Å². The first-order valence-corrected chi connectivity index (χ1v) is 5.34. The summed E-state index contributed by atoms with van der Waals surface area (Å²) in [5.41, 5.74) is 0. The molecule has 0 saturated carbocycles. The fourth-order valence-corrected chi connectivity index (χ4v) is 1.84. The number of nitrogens with zero attached hydrogens (tertiary/aromatic N) is 2. The van der Waals surface area contributed by atoms with E-state index in [1.54, 1.807) is 0 Å². The van der Waals surface area contributed by atoms with Crippen molar-refractivity contribution in [2.24, 2.45) is 0 Å². The standard InChI is InChI=1S/C11H20N2O2/c1-10-9-12(2)6-4-7-13(10)8-5-11(14)15-3/h5,8,10H,4,6-7,9H2,1-3H3/b8-5+. The highest BCUT2D eigenvalue weighted by Gasteiger charge is 2.16. The van der Waals surface area contributed by atoms with Crippen molar-refractivity contribution in [1.82, 2.24) is 9.80 Å². The third-order valence-corrected chi connectivity index (χ3v) is 2.70. The van der Waals surface area contributed by atoms with Crippen LogP contribution in [0.3, 0.4) is 0 Å². The number of methoxy groups -OCH3 is 1. The smallest absolute Gasteiger partial charge is 0.331 e. The number of carbonyl (C=O) groups is 1. The van der Waals surface area contributed by atoms with Gasteiger partial charge in [0.05, 0.1) is 7.11 Å². The van der Waals surface area contributed by atoms with E-state index in [1.807, 2.05) is 6.20 Å². The Morgan fingerprint density at radius 3 is 2.87 bits per heavy atom. The summed E-state index contributed by atoms with van der Waals surface area (Å²) < 4.78 is 4.57. The maximum absolute atomic E-state index is 11.0. The summed E-state index contributed by atoms with van der Waals surface area (Å²) in [6.07, 6.45) is 4.46. The van der Waals surface area contributed by atoms with Crippen LogP contribution < -0.4 is 0 Å². The number of hydrogen-bond donors (Lipinski definition) is 0. The molecule has 86 valence electrons. The molecule has 1 aliphatic heterocycles. The van der Waals surface area contributed by atoms with Crippen molar-refractivity contribution in [1.29, 1.82) is 0 Å². The van der Waals surface area contributed by atoms with Gasteiger partial charge in [-0.1, -0.05) is 0 Å². The molecule has 0 radical (unpaired) electrons. The fraction of sp³-hybridized carbons (Fsp3) is 0.727. The molecule has 0 bridgehead atoms. The molecule has 0 aromatic carbocycles. The molecule has 4 heteroatoms. The van der Waals surface area contributed by atoms with E-state index in [0.717, 1.165) is 26.1 Å². The van der Waals surface area contributed by atoms with Gasteiger partial charge in [0.2, 0.25) is 0 Å². The number of ether oxygens (including phenoxy) is 1. The summed E-state index contributed by atoms with van der Waals surface area (Å²) in [6, 6.07) is 0.443. The van der Waals surface area contributed by atoms with E-state index in [4.69, 9.17) is 0 Å². The lowest BCUT2D eigenvalue weighted by Gasteiger charge is -2.26. The number of carbonyl (C=O) groups excluding carboxylic acids is 1. The van der Waals surface area contributed by atoms with Crippen LogP contribution in [0.2, 0.25) is 0 Å². The molecule has 1 aliphatic rings. The Bertz CT molecular complexity index is 241. The maximum atomic E-state index is 11.0. The molecule has 1 atom stereocenters. The molecule has 0 N–H and O–H groups in total. The molecule has 0 aromatic heterocycles. The second-order valence-corrected chi connectivity index (χ2v) is 4.04. The zero-order valence-electron chi connectivity index (χ0n) is 9.77. The summed E-state index contributed by atoms with van der Waals surface area (Å²) in [4.78, 5) is 15.5. The molecular formula is C11H20N2O2.